The Balaban J connectivity index is 1.46. The molecule has 1 aliphatic heterocycles. The Morgan fingerprint density at radius 2 is 2.15 bits per heavy atom. The first-order valence-electron chi connectivity index (χ1n) is 8.96. The molecule has 4 heterocycles. The second kappa shape index (κ2) is 7.25. The van der Waals surface area contributed by atoms with Crippen molar-refractivity contribution in [3.63, 3.8) is 0 Å². The Kier molecular flexibility index (Phi) is 4.66. The van der Waals surface area contributed by atoms with Crippen molar-refractivity contribution in [2.24, 2.45) is 7.05 Å². The molecule has 0 aromatic carbocycles. The van der Waals surface area contributed by atoms with Gasteiger partial charge in [0.2, 0.25) is 0 Å². The van der Waals surface area contributed by atoms with Crippen LogP contribution in [0.4, 0.5) is 5.82 Å². The zero-order valence-corrected chi connectivity index (χ0v) is 15.0. The molecule has 0 aliphatic carbocycles. The average Bonchev–Trinajstić information content (AvgIpc) is 3.28. The molecule has 0 spiro atoms. The molecular formula is C18H24N8. The smallest absolute Gasteiger partial charge is 0.152 e. The van der Waals surface area contributed by atoms with Crippen LogP contribution >= 0.6 is 0 Å². The minimum absolute atomic E-state index is 0.385. The molecule has 2 N–H and O–H groups in total. The molecule has 4 rings (SSSR count). The highest BCUT2D eigenvalue weighted by Gasteiger charge is 2.26. The van der Waals surface area contributed by atoms with Gasteiger partial charge in [0.15, 0.2) is 5.82 Å². The maximum Gasteiger partial charge on any atom is 0.152 e. The molecule has 1 atom stereocenters. The van der Waals surface area contributed by atoms with Crippen molar-refractivity contribution in [3.8, 4) is 0 Å². The summed E-state index contributed by atoms with van der Waals surface area (Å²) >= 11 is 0. The molecule has 0 bridgehead atoms. The predicted molar refractivity (Wildman–Crippen MR) is 98.2 cm³/mol. The highest BCUT2D eigenvalue weighted by Crippen LogP contribution is 2.27. The van der Waals surface area contributed by atoms with Gasteiger partial charge in [0, 0.05) is 50.2 Å². The zero-order chi connectivity index (χ0) is 17.9. The number of likely N-dealkylation sites (tertiary alicyclic amines) is 1. The first-order valence-corrected chi connectivity index (χ1v) is 8.96. The summed E-state index contributed by atoms with van der Waals surface area (Å²) in [6.45, 7) is 3.55. The monoisotopic (exact) mass is 352 g/mol. The summed E-state index contributed by atoms with van der Waals surface area (Å²) in [6.07, 6.45) is 9.54. The Hall–Kier alpha value is -2.74. The fourth-order valence-corrected chi connectivity index (χ4v) is 3.65. The Bertz CT molecular complexity index is 854. The topological polar surface area (TPSA) is 90.7 Å². The van der Waals surface area contributed by atoms with Crippen molar-refractivity contribution < 1.29 is 0 Å². The minimum Gasteiger partial charge on any atom is -0.383 e. The molecule has 1 fully saturated rings. The third-order valence-electron chi connectivity index (χ3n) is 5.07. The van der Waals surface area contributed by atoms with E-state index >= 15 is 0 Å². The van der Waals surface area contributed by atoms with Crippen LogP contribution in [0.15, 0.2) is 37.1 Å². The summed E-state index contributed by atoms with van der Waals surface area (Å²) in [7, 11) is 2.06. The molecule has 1 aliphatic rings. The highest BCUT2D eigenvalue weighted by atomic mass is 15.3. The number of imidazole rings is 1. The number of nitrogens with zero attached hydrogens (tertiary/aromatic N) is 7. The Morgan fingerprint density at radius 3 is 2.96 bits per heavy atom. The molecular weight excluding hydrogens is 328 g/mol. The Morgan fingerprint density at radius 1 is 1.23 bits per heavy atom. The second-order valence-electron chi connectivity index (χ2n) is 6.89. The van der Waals surface area contributed by atoms with Crippen LogP contribution < -0.4 is 5.73 Å². The second-order valence-corrected chi connectivity index (χ2v) is 6.89. The van der Waals surface area contributed by atoms with Gasteiger partial charge in [-0.2, -0.15) is 0 Å². The van der Waals surface area contributed by atoms with Crippen LogP contribution in [-0.2, 0) is 20.1 Å². The third kappa shape index (κ3) is 3.45. The van der Waals surface area contributed by atoms with Gasteiger partial charge in [0.25, 0.3) is 0 Å². The maximum atomic E-state index is 6.00. The number of hydrogen-bond donors (Lipinski definition) is 1. The number of nitrogen functional groups attached to an aromatic ring is 1. The van der Waals surface area contributed by atoms with Gasteiger partial charge in [0.1, 0.15) is 11.6 Å². The van der Waals surface area contributed by atoms with Crippen LogP contribution in [0.2, 0.25) is 0 Å². The highest BCUT2D eigenvalue weighted by molar-refractivity contribution is 5.38. The summed E-state index contributed by atoms with van der Waals surface area (Å²) in [5.74, 6) is 3.02. The maximum absolute atomic E-state index is 6.00. The summed E-state index contributed by atoms with van der Waals surface area (Å²) in [4.78, 5) is 10.7. The first kappa shape index (κ1) is 16.7. The van der Waals surface area contributed by atoms with Crippen LogP contribution in [0.3, 0.4) is 0 Å². The first-order chi connectivity index (χ1) is 12.7. The lowest BCUT2D eigenvalue weighted by molar-refractivity contribution is 0.195. The van der Waals surface area contributed by atoms with Gasteiger partial charge >= 0.3 is 0 Å². The van der Waals surface area contributed by atoms with Crippen LogP contribution in [0.1, 0.15) is 36.0 Å². The van der Waals surface area contributed by atoms with E-state index in [1.54, 1.807) is 18.7 Å². The van der Waals surface area contributed by atoms with Crippen molar-refractivity contribution >= 4 is 5.82 Å². The van der Waals surface area contributed by atoms with E-state index in [-0.39, 0.29) is 0 Å². The lowest BCUT2D eigenvalue weighted by Crippen LogP contribution is -2.35. The SMILES string of the molecule is Cn1c(Cn2ccnc2)nnc1[C@@H]1CCCN(Cc2cccnc2N)C1. The largest absolute Gasteiger partial charge is 0.383 e. The standard InChI is InChI=1S/C18H24N8/c1-24-16(12-26-9-7-20-13-26)22-23-18(24)15-5-3-8-25(11-15)10-14-4-2-6-21-17(14)19/h2,4,6-7,9,13,15H,3,5,8,10-12H2,1H3,(H2,19,21)/t15-/m1/s1. The number of piperidine rings is 1. The van der Waals surface area contributed by atoms with Gasteiger partial charge < -0.3 is 14.9 Å². The molecule has 3 aromatic heterocycles. The van der Waals surface area contributed by atoms with Gasteiger partial charge in [-0.3, -0.25) is 4.90 Å². The zero-order valence-electron chi connectivity index (χ0n) is 15.0. The van der Waals surface area contributed by atoms with E-state index in [1.807, 2.05) is 16.8 Å². The molecule has 0 saturated carbocycles. The van der Waals surface area contributed by atoms with Crippen molar-refractivity contribution in [3.05, 3.63) is 54.3 Å². The molecule has 26 heavy (non-hydrogen) atoms. The van der Waals surface area contributed by atoms with Crippen LogP contribution in [-0.4, -0.2) is 47.3 Å². The van der Waals surface area contributed by atoms with Gasteiger partial charge in [-0.15, -0.1) is 10.2 Å². The van der Waals surface area contributed by atoms with Gasteiger partial charge in [-0.1, -0.05) is 6.07 Å². The fourth-order valence-electron chi connectivity index (χ4n) is 3.65. The molecule has 136 valence electrons. The quantitative estimate of drug-likeness (QED) is 0.747. The third-order valence-corrected chi connectivity index (χ3v) is 5.07. The van der Waals surface area contributed by atoms with E-state index in [4.69, 9.17) is 5.73 Å². The normalized spacial score (nSPS) is 18.3. The number of nitrogens with two attached hydrogens (primary N) is 1. The van der Waals surface area contributed by atoms with Crippen molar-refractivity contribution in [1.82, 2.24) is 34.2 Å². The number of aromatic nitrogens is 6. The number of hydrogen-bond acceptors (Lipinski definition) is 6. The van der Waals surface area contributed by atoms with Gasteiger partial charge in [-0.25, -0.2) is 9.97 Å². The number of rotatable bonds is 5. The fraction of sp³-hybridized carbons (Fsp3) is 0.444. The summed E-state index contributed by atoms with van der Waals surface area (Å²) in [5.41, 5.74) is 7.09. The van der Waals surface area contributed by atoms with E-state index in [1.165, 1.54) is 0 Å². The summed E-state index contributed by atoms with van der Waals surface area (Å²) < 4.78 is 4.14. The van der Waals surface area contributed by atoms with E-state index in [0.29, 0.717) is 18.3 Å². The molecule has 1 saturated heterocycles. The lowest BCUT2D eigenvalue weighted by Gasteiger charge is -2.32. The Labute approximate surface area is 152 Å². The molecule has 3 aromatic rings. The van der Waals surface area contributed by atoms with Crippen molar-refractivity contribution in [2.75, 3.05) is 18.8 Å². The number of anilines is 1. The molecule has 0 unspecified atom stereocenters. The molecule has 8 nitrogen and oxygen atoms in total. The van der Waals surface area contributed by atoms with E-state index in [2.05, 4.69) is 42.7 Å². The van der Waals surface area contributed by atoms with Gasteiger partial charge in [0.05, 0.1) is 12.9 Å². The molecule has 0 radical (unpaired) electrons. The van der Waals surface area contributed by atoms with Crippen molar-refractivity contribution in [1.29, 1.82) is 0 Å². The van der Waals surface area contributed by atoms with Crippen molar-refractivity contribution in [2.45, 2.75) is 31.8 Å². The predicted octanol–water partition coefficient (Wildman–Crippen LogP) is 1.42. The van der Waals surface area contributed by atoms with E-state index in [9.17, 15) is 0 Å². The minimum atomic E-state index is 0.385. The van der Waals surface area contributed by atoms with Crippen LogP contribution in [0, 0.1) is 0 Å². The van der Waals surface area contributed by atoms with E-state index < -0.39 is 0 Å². The van der Waals surface area contributed by atoms with E-state index in [0.717, 1.165) is 49.7 Å². The van der Waals surface area contributed by atoms with Crippen LogP contribution in [0.25, 0.3) is 0 Å². The number of pyridine rings is 1. The molecule has 0 amide bonds. The summed E-state index contributed by atoms with van der Waals surface area (Å²) in [5, 5.41) is 8.90. The lowest BCUT2D eigenvalue weighted by atomic mass is 9.96. The van der Waals surface area contributed by atoms with Gasteiger partial charge in [-0.05, 0) is 25.5 Å². The summed E-state index contributed by atoms with van der Waals surface area (Å²) in [6, 6.07) is 4.00. The molecule has 8 heteroatoms. The van der Waals surface area contributed by atoms with Crippen LogP contribution in [0.5, 0.6) is 0 Å². The average molecular weight is 352 g/mol.